The number of rotatable bonds is 1. The van der Waals surface area contributed by atoms with Crippen LogP contribution in [-0.4, -0.2) is 23.2 Å². The number of hydrogen-bond donors (Lipinski definition) is 2. The summed E-state index contributed by atoms with van der Waals surface area (Å²) < 4.78 is 35.3. The van der Waals surface area contributed by atoms with Gasteiger partial charge in [-0.2, -0.15) is 0 Å². The van der Waals surface area contributed by atoms with E-state index < -0.39 is 11.6 Å². The van der Waals surface area contributed by atoms with Crippen LogP contribution in [0.25, 0.3) is 27.7 Å². The molecule has 4 nitrogen and oxygen atoms in total. The van der Waals surface area contributed by atoms with Crippen LogP contribution in [0.5, 0.6) is 11.6 Å². The Hall–Kier alpha value is -3.59. The van der Waals surface area contributed by atoms with Crippen molar-refractivity contribution in [3.8, 4) is 35.2 Å². The lowest BCUT2D eigenvalue weighted by atomic mass is 9.94. The van der Waals surface area contributed by atoms with Crippen molar-refractivity contribution >= 4 is 16.5 Å². The fourth-order valence-corrected chi connectivity index (χ4v) is 3.48. The Balaban J connectivity index is 2.11. The zero-order chi connectivity index (χ0) is 20.0. The van der Waals surface area contributed by atoms with Gasteiger partial charge in [0, 0.05) is 28.8 Å². The van der Waals surface area contributed by atoms with E-state index in [1.165, 1.54) is 24.3 Å². The van der Waals surface area contributed by atoms with E-state index in [2.05, 4.69) is 22.8 Å². The Bertz CT molecular complexity index is 1200. The number of benzene rings is 2. The minimum atomic E-state index is -0.619. The molecule has 2 N–H and O–H groups in total. The van der Waals surface area contributed by atoms with E-state index in [4.69, 9.17) is 11.2 Å². The lowest BCUT2D eigenvalue weighted by Crippen LogP contribution is -2.15. The third kappa shape index (κ3) is 2.64. The Kier molecular flexibility index (Phi) is 4.16. The van der Waals surface area contributed by atoms with Crippen LogP contribution in [0.2, 0.25) is 0 Å². The number of terminal acetylenes is 1. The van der Waals surface area contributed by atoms with Crippen LogP contribution < -0.4 is 10.1 Å². The van der Waals surface area contributed by atoms with Crippen LogP contribution in [-0.2, 0) is 0 Å². The van der Waals surface area contributed by atoms with Gasteiger partial charge in [0.1, 0.15) is 23.9 Å². The highest BCUT2D eigenvalue weighted by atomic mass is 19.1. The quantitative estimate of drug-likeness (QED) is 0.626. The smallest absolute Gasteiger partial charge is 0.223 e. The van der Waals surface area contributed by atoms with Gasteiger partial charge in [-0.05, 0) is 30.5 Å². The van der Waals surface area contributed by atoms with Gasteiger partial charge in [-0.25, -0.2) is 13.8 Å². The van der Waals surface area contributed by atoms with Crippen LogP contribution >= 0.6 is 0 Å². The van der Waals surface area contributed by atoms with Gasteiger partial charge in [0.25, 0.3) is 0 Å². The number of phenols is 1. The van der Waals surface area contributed by atoms with Crippen LogP contribution in [0.4, 0.5) is 8.78 Å². The van der Waals surface area contributed by atoms with Gasteiger partial charge in [0.2, 0.25) is 5.88 Å². The molecule has 0 radical (unpaired) electrons. The van der Waals surface area contributed by atoms with Gasteiger partial charge < -0.3 is 15.2 Å². The highest BCUT2D eigenvalue weighted by molar-refractivity contribution is 6.01. The van der Waals surface area contributed by atoms with Crippen molar-refractivity contribution in [3.63, 3.8) is 0 Å². The van der Waals surface area contributed by atoms with Crippen molar-refractivity contribution < 1.29 is 18.6 Å². The van der Waals surface area contributed by atoms with E-state index in [1.54, 1.807) is 6.92 Å². The molecule has 0 bridgehead atoms. The van der Waals surface area contributed by atoms with E-state index in [9.17, 15) is 9.50 Å². The monoisotopic (exact) mass is 378 g/mol. The number of hydrogen-bond acceptors (Lipinski definition) is 4. The summed E-state index contributed by atoms with van der Waals surface area (Å²) in [6.07, 6.45) is 5.51. The van der Waals surface area contributed by atoms with Gasteiger partial charge in [-0.15, -0.1) is 6.42 Å². The third-order valence-corrected chi connectivity index (χ3v) is 4.77. The van der Waals surface area contributed by atoms with Crippen LogP contribution in [0.15, 0.2) is 30.8 Å². The molecule has 6 heteroatoms. The molecule has 0 saturated carbocycles. The molecule has 0 atom stereocenters. The number of aromatic hydroxyl groups is 1. The van der Waals surface area contributed by atoms with E-state index in [0.717, 1.165) is 0 Å². The molecule has 1 aliphatic heterocycles. The normalized spacial score (nSPS) is 13.3. The summed E-state index contributed by atoms with van der Waals surface area (Å²) in [4.78, 5) is 4.35. The fraction of sp³-hybridized carbons (Fsp3) is 0.136. The first-order chi connectivity index (χ1) is 13.4. The highest BCUT2D eigenvalue weighted by Crippen LogP contribution is 2.39. The Labute approximate surface area is 160 Å². The Morgan fingerprint density at radius 2 is 2.11 bits per heavy atom. The number of nitrogens with zero attached hydrogens (tertiary/aromatic N) is 1. The molecule has 0 saturated heterocycles. The number of fused-ring (bicyclic) bond motifs is 2. The molecule has 1 aliphatic rings. The standard InChI is InChI=1S/C22H16F2N2O2/c1-4-15-17(23)6-5-13-9-14(27)10-16(19(13)15)21-20(24)11(2)18-12(3)25-7-8-28-22(18)26-21/h1,5-6,9-10,25,27H,3,7-8H2,2H3. The van der Waals surface area contributed by atoms with Gasteiger partial charge in [-0.1, -0.05) is 18.6 Å². The first-order valence-corrected chi connectivity index (χ1v) is 8.60. The SMILES string of the molecule is C#Cc1c(F)ccc2cc(O)cc(-c3nc4c(c(C)c3F)C(=C)NCCO4)c12. The molecule has 2 heterocycles. The maximum absolute atomic E-state index is 15.4. The molecule has 0 fully saturated rings. The van der Waals surface area contributed by atoms with Gasteiger partial charge in [0.15, 0.2) is 5.82 Å². The summed E-state index contributed by atoms with van der Waals surface area (Å²) >= 11 is 0. The second-order valence-corrected chi connectivity index (χ2v) is 6.49. The molecule has 0 unspecified atom stereocenters. The third-order valence-electron chi connectivity index (χ3n) is 4.77. The molecule has 4 rings (SSSR count). The Morgan fingerprint density at radius 3 is 2.86 bits per heavy atom. The summed E-state index contributed by atoms with van der Waals surface area (Å²) in [5.41, 5.74) is 1.35. The topological polar surface area (TPSA) is 54.4 Å². The van der Waals surface area contributed by atoms with Crippen molar-refractivity contribution in [2.24, 2.45) is 0 Å². The average Bonchev–Trinajstić information content (AvgIpc) is 2.85. The minimum Gasteiger partial charge on any atom is -0.508 e. The highest BCUT2D eigenvalue weighted by Gasteiger charge is 2.25. The van der Waals surface area contributed by atoms with Crippen LogP contribution in [0, 0.1) is 30.9 Å². The van der Waals surface area contributed by atoms with Crippen molar-refractivity contribution in [1.82, 2.24) is 10.3 Å². The van der Waals surface area contributed by atoms with Crippen molar-refractivity contribution in [1.29, 1.82) is 0 Å². The van der Waals surface area contributed by atoms with Gasteiger partial charge in [-0.3, -0.25) is 0 Å². The number of pyridine rings is 1. The molecule has 0 spiro atoms. The van der Waals surface area contributed by atoms with E-state index in [-0.39, 0.29) is 34.0 Å². The number of aromatic nitrogens is 1. The van der Waals surface area contributed by atoms with Gasteiger partial charge >= 0.3 is 0 Å². The van der Waals surface area contributed by atoms with E-state index in [0.29, 0.717) is 35.2 Å². The van der Waals surface area contributed by atoms with Crippen LogP contribution in [0.1, 0.15) is 16.7 Å². The average molecular weight is 378 g/mol. The molecular formula is C22H16F2N2O2. The first-order valence-electron chi connectivity index (χ1n) is 8.60. The molecule has 0 amide bonds. The first kappa shape index (κ1) is 17.8. The number of nitrogens with one attached hydrogen (secondary N) is 1. The Morgan fingerprint density at radius 1 is 1.32 bits per heavy atom. The second-order valence-electron chi connectivity index (χ2n) is 6.49. The predicted molar refractivity (Wildman–Crippen MR) is 104 cm³/mol. The largest absolute Gasteiger partial charge is 0.508 e. The molecule has 0 aliphatic carbocycles. The van der Waals surface area contributed by atoms with Gasteiger partial charge in [0.05, 0.1) is 11.1 Å². The van der Waals surface area contributed by atoms with E-state index in [1.807, 2.05) is 0 Å². The molecule has 140 valence electrons. The summed E-state index contributed by atoms with van der Waals surface area (Å²) in [5, 5.41) is 14.0. The molecule has 3 aromatic rings. The maximum atomic E-state index is 15.4. The van der Waals surface area contributed by atoms with Crippen LogP contribution in [0.3, 0.4) is 0 Å². The predicted octanol–water partition coefficient (Wildman–Crippen LogP) is 4.13. The fourth-order valence-electron chi connectivity index (χ4n) is 3.48. The zero-order valence-electron chi connectivity index (χ0n) is 15.1. The van der Waals surface area contributed by atoms with Crippen molar-refractivity contribution in [3.05, 3.63) is 59.2 Å². The lowest BCUT2D eigenvalue weighted by Gasteiger charge is -2.16. The number of ether oxygens (including phenoxy) is 1. The zero-order valence-corrected chi connectivity index (χ0v) is 15.1. The van der Waals surface area contributed by atoms with Crippen molar-refractivity contribution in [2.75, 3.05) is 13.2 Å². The summed E-state index contributed by atoms with van der Waals surface area (Å²) in [6, 6.07) is 5.45. The van der Waals surface area contributed by atoms with E-state index >= 15 is 4.39 Å². The number of phenolic OH excluding ortho intramolecular Hbond substituents is 1. The summed E-state index contributed by atoms with van der Waals surface area (Å²) in [7, 11) is 0. The van der Waals surface area contributed by atoms with Crippen molar-refractivity contribution in [2.45, 2.75) is 6.92 Å². The maximum Gasteiger partial charge on any atom is 0.223 e. The second kappa shape index (κ2) is 6.54. The number of halogens is 2. The molecule has 28 heavy (non-hydrogen) atoms. The molecular weight excluding hydrogens is 362 g/mol. The minimum absolute atomic E-state index is 0.0201. The molecule has 2 aromatic carbocycles. The summed E-state index contributed by atoms with van der Waals surface area (Å²) in [6.45, 7) is 6.34. The molecule has 1 aromatic heterocycles. The lowest BCUT2D eigenvalue weighted by molar-refractivity contribution is 0.314. The summed E-state index contributed by atoms with van der Waals surface area (Å²) in [5.74, 6) is 1.20.